The standard InChI is InChI=1S/C18H24N2O5/c1-23-15-8-12-5-6-20(11-13(12)9-16(15)24-2)17(21)10-19-18(22)14-4-3-7-25-14/h8-9,14H,3-7,10-11H2,1-2H3,(H,19,22). The van der Waals surface area contributed by atoms with Gasteiger partial charge in [-0.15, -0.1) is 0 Å². The number of rotatable bonds is 5. The van der Waals surface area contributed by atoms with Crippen LogP contribution in [0.3, 0.4) is 0 Å². The summed E-state index contributed by atoms with van der Waals surface area (Å²) >= 11 is 0. The van der Waals surface area contributed by atoms with Gasteiger partial charge in [0, 0.05) is 19.7 Å². The van der Waals surface area contributed by atoms with E-state index in [1.807, 2.05) is 12.1 Å². The lowest BCUT2D eigenvalue weighted by molar-refractivity contribution is -0.136. The normalized spacial score (nSPS) is 19.3. The molecule has 1 fully saturated rings. The Balaban J connectivity index is 1.59. The smallest absolute Gasteiger partial charge is 0.249 e. The van der Waals surface area contributed by atoms with Crippen molar-refractivity contribution in [3.63, 3.8) is 0 Å². The van der Waals surface area contributed by atoms with E-state index in [1.165, 1.54) is 0 Å². The van der Waals surface area contributed by atoms with E-state index in [4.69, 9.17) is 14.2 Å². The molecule has 1 atom stereocenters. The first kappa shape index (κ1) is 17.5. The Hall–Kier alpha value is -2.28. The maximum atomic E-state index is 12.4. The van der Waals surface area contributed by atoms with Crippen molar-refractivity contribution >= 4 is 11.8 Å². The molecule has 25 heavy (non-hydrogen) atoms. The lowest BCUT2D eigenvalue weighted by Gasteiger charge is -2.30. The minimum atomic E-state index is -0.411. The number of nitrogens with one attached hydrogen (secondary N) is 1. The van der Waals surface area contributed by atoms with Crippen molar-refractivity contribution in [2.45, 2.75) is 31.9 Å². The molecule has 3 rings (SSSR count). The molecule has 0 aliphatic carbocycles. The first-order valence-electron chi connectivity index (χ1n) is 8.53. The number of ether oxygens (including phenoxy) is 3. The van der Waals surface area contributed by atoms with Gasteiger partial charge < -0.3 is 24.4 Å². The lowest BCUT2D eigenvalue weighted by Crippen LogP contribution is -2.44. The zero-order valence-corrected chi connectivity index (χ0v) is 14.7. The third kappa shape index (κ3) is 3.87. The van der Waals surface area contributed by atoms with Crippen LogP contribution in [0.4, 0.5) is 0 Å². The van der Waals surface area contributed by atoms with Crippen LogP contribution < -0.4 is 14.8 Å². The van der Waals surface area contributed by atoms with Crippen LogP contribution in [0.1, 0.15) is 24.0 Å². The van der Waals surface area contributed by atoms with E-state index in [1.54, 1.807) is 19.1 Å². The van der Waals surface area contributed by atoms with Gasteiger partial charge in [-0.2, -0.15) is 0 Å². The average molecular weight is 348 g/mol. The van der Waals surface area contributed by atoms with E-state index in [9.17, 15) is 9.59 Å². The van der Waals surface area contributed by atoms with Gasteiger partial charge in [0.1, 0.15) is 6.10 Å². The quantitative estimate of drug-likeness (QED) is 0.855. The summed E-state index contributed by atoms with van der Waals surface area (Å²) in [6.07, 6.45) is 1.95. The highest BCUT2D eigenvalue weighted by atomic mass is 16.5. The van der Waals surface area contributed by atoms with Crippen LogP contribution in [0.15, 0.2) is 12.1 Å². The fraction of sp³-hybridized carbons (Fsp3) is 0.556. The molecular weight excluding hydrogens is 324 g/mol. The molecule has 2 aliphatic rings. The van der Waals surface area contributed by atoms with Gasteiger partial charge in [0.2, 0.25) is 11.8 Å². The third-order valence-electron chi connectivity index (χ3n) is 4.71. The van der Waals surface area contributed by atoms with Crippen LogP contribution in [0.25, 0.3) is 0 Å². The molecule has 0 saturated carbocycles. The van der Waals surface area contributed by atoms with Gasteiger partial charge in [-0.1, -0.05) is 0 Å². The fourth-order valence-electron chi connectivity index (χ4n) is 3.27. The number of benzene rings is 1. The molecule has 1 unspecified atom stereocenters. The van der Waals surface area contributed by atoms with Gasteiger partial charge in [-0.3, -0.25) is 9.59 Å². The van der Waals surface area contributed by atoms with E-state index in [2.05, 4.69) is 5.32 Å². The van der Waals surface area contributed by atoms with E-state index < -0.39 is 6.10 Å². The molecule has 136 valence electrons. The molecule has 1 saturated heterocycles. The first-order valence-corrected chi connectivity index (χ1v) is 8.53. The highest BCUT2D eigenvalue weighted by Gasteiger charge is 2.26. The Kier molecular flexibility index (Phi) is 5.43. The Morgan fingerprint density at radius 2 is 1.96 bits per heavy atom. The van der Waals surface area contributed by atoms with Crippen molar-refractivity contribution in [3.8, 4) is 11.5 Å². The number of carbonyl (C=O) groups excluding carboxylic acids is 2. The van der Waals surface area contributed by atoms with Gasteiger partial charge >= 0.3 is 0 Å². The molecule has 1 N–H and O–H groups in total. The first-order chi connectivity index (χ1) is 12.1. The summed E-state index contributed by atoms with van der Waals surface area (Å²) < 4.78 is 16.0. The van der Waals surface area contributed by atoms with E-state index >= 15 is 0 Å². The topological polar surface area (TPSA) is 77.1 Å². The second kappa shape index (κ2) is 7.74. The van der Waals surface area contributed by atoms with Crippen molar-refractivity contribution in [1.29, 1.82) is 0 Å². The van der Waals surface area contributed by atoms with E-state index in [0.29, 0.717) is 31.2 Å². The molecule has 2 heterocycles. The summed E-state index contributed by atoms with van der Waals surface area (Å²) in [6, 6.07) is 3.88. The number of fused-ring (bicyclic) bond motifs is 1. The highest BCUT2D eigenvalue weighted by Crippen LogP contribution is 2.33. The van der Waals surface area contributed by atoms with Gasteiger partial charge in [-0.05, 0) is 42.5 Å². The summed E-state index contributed by atoms with van der Waals surface area (Å²) in [5, 5.41) is 2.69. The van der Waals surface area contributed by atoms with Crippen molar-refractivity contribution < 1.29 is 23.8 Å². The Bertz CT molecular complexity index is 655. The SMILES string of the molecule is COc1cc2c(cc1OC)CN(C(=O)CNC(=O)C1CCCO1)CC2. The second-order valence-electron chi connectivity index (χ2n) is 6.26. The van der Waals surface area contributed by atoms with Crippen LogP contribution >= 0.6 is 0 Å². The predicted molar refractivity (Wildman–Crippen MR) is 90.7 cm³/mol. The maximum Gasteiger partial charge on any atom is 0.249 e. The fourth-order valence-corrected chi connectivity index (χ4v) is 3.27. The lowest BCUT2D eigenvalue weighted by atomic mass is 9.98. The van der Waals surface area contributed by atoms with Crippen molar-refractivity contribution in [2.75, 3.05) is 33.9 Å². The summed E-state index contributed by atoms with van der Waals surface area (Å²) in [5.74, 6) is 1.06. The van der Waals surface area contributed by atoms with Crippen molar-refractivity contribution in [1.82, 2.24) is 10.2 Å². The predicted octanol–water partition coefficient (Wildman–Crippen LogP) is 0.884. The van der Waals surface area contributed by atoms with Gasteiger partial charge in [0.15, 0.2) is 11.5 Å². The summed E-state index contributed by atoms with van der Waals surface area (Å²) in [5.41, 5.74) is 2.20. The number of carbonyl (C=O) groups is 2. The van der Waals surface area contributed by atoms with Crippen LogP contribution in [-0.4, -0.2) is 56.7 Å². The second-order valence-corrected chi connectivity index (χ2v) is 6.26. The number of hydrogen-bond donors (Lipinski definition) is 1. The van der Waals surface area contributed by atoms with Gasteiger partial charge in [-0.25, -0.2) is 0 Å². The average Bonchev–Trinajstić information content (AvgIpc) is 3.18. The van der Waals surface area contributed by atoms with Crippen LogP contribution in [0.2, 0.25) is 0 Å². The summed E-state index contributed by atoms with van der Waals surface area (Å²) in [7, 11) is 3.20. The molecule has 0 bridgehead atoms. The third-order valence-corrected chi connectivity index (χ3v) is 4.71. The minimum Gasteiger partial charge on any atom is -0.493 e. The molecule has 7 nitrogen and oxygen atoms in total. The number of nitrogens with zero attached hydrogens (tertiary/aromatic N) is 1. The number of methoxy groups -OCH3 is 2. The molecule has 0 aromatic heterocycles. The molecule has 0 radical (unpaired) electrons. The maximum absolute atomic E-state index is 12.4. The molecule has 1 aromatic rings. The summed E-state index contributed by atoms with van der Waals surface area (Å²) in [6.45, 7) is 1.74. The van der Waals surface area contributed by atoms with Crippen molar-refractivity contribution in [3.05, 3.63) is 23.3 Å². The van der Waals surface area contributed by atoms with Crippen molar-refractivity contribution in [2.24, 2.45) is 0 Å². The van der Waals surface area contributed by atoms with Crippen LogP contribution in [0.5, 0.6) is 11.5 Å². The monoisotopic (exact) mass is 348 g/mol. The molecule has 2 aliphatic heterocycles. The highest BCUT2D eigenvalue weighted by molar-refractivity contribution is 5.87. The molecule has 0 spiro atoms. The Morgan fingerprint density at radius 1 is 1.24 bits per heavy atom. The largest absolute Gasteiger partial charge is 0.493 e. The van der Waals surface area contributed by atoms with Gasteiger partial charge in [0.25, 0.3) is 0 Å². The molecule has 7 heteroatoms. The van der Waals surface area contributed by atoms with Crippen LogP contribution in [-0.2, 0) is 27.3 Å². The Labute approximate surface area is 147 Å². The minimum absolute atomic E-state index is 0.00131. The van der Waals surface area contributed by atoms with Crippen LogP contribution in [0, 0.1) is 0 Å². The number of hydrogen-bond acceptors (Lipinski definition) is 5. The van der Waals surface area contributed by atoms with Gasteiger partial charge in [0.05, 0.1) is 20.8 Å². The molecule has 1 aromatic carbocycles. The zero-order chi connectivity index (χ0) is 17.8. The number of amides is 2. The Morgan fingerprint density at radius 3 is 2.60 bits per heavy atom. The van der Waals surface area contributed by atoms with E-state index in [0.717, 1.165) is 30.4 Å². The molecular formula is C18H24N2O5. The molecule has 2 amide bonds. The zero-order valence-electron chi connectivity index (χ0n) is 14.7. The van der Waals surface area contributed by atoms with E-state index in [-0.39, 0.29) is 18.4 Å². The summed E-state index contributed by atoms with van der Waals surface area (Å²) in [4.78, 5) is 26.1.